The molecule has 0 bridgehead atoms. The van der Waals surface area contributed by atoms with Gasteiger partial charge in [-0.1, -0.05) is 34.6 Å². The van der Waals surface area contributed by atoms with Crippen molar-refractivity contribution in [2.75, 3.05) is 33.0 Å². The zero-order valence-corrected chi connectivity index (χ0v) is 13.2. The van der Waals surface area contributed by atoms with Crippen LogP contribution in [0.25, 0.3) is 0 Å². The van der Waals surface area contributed by atoms with Crippen molar-refractivity contribution in [3.05, 3.63) is 0 Å². The molecule has 0 saturated heterocycles. The molecular formula is C10H25NbO5. The van der Waals surface area contributed by atoms with Gasteiger partial charge in [-0.05, 0) is 0 Å². The van der Waals surface area contributed by atoms with E-state index in [0.717, 1.165) is 0 Å². The zero-order valence-electron chi connectivity index (χ0n) is 11.0. The summed E-state index contributed by atoms with van der Waals surface area (Å²) < 4.78 is 0. The summed E-state index contributed by atoms with van der Waals surface area (Å²) in [5, 5.41) is 44.7. The first-order valence-corrected chi connectivity index (χ1v) is 4.98. The van der Waals surface area contributed by atoms with Crippen LogP contribution >= 0.6 is 0 Å². The summed E-state index contributed by atoms with van der Waals surface area (Å²) in [7, 11) is 0. The summed E-state index contributed by atoms with van der Waals surface area (Å²) in [5.74, 6) is 0. The molecule has 0 heterocycles. The molecule has 0 aromatic carbocycles. The largest absolute Gasteiger partial charge is 5.00 e. The molecule has 0 spiro atoms. The van der Waals surface area contributed by atoms with Crippen LogP contribution in [0.3, 0.4) is 0 Å². The van der Waals surface area contributed by atoms with E-state index in [4.69, 9.17) is 25.5 Å². The van der Waals surface area contributed by atoms with E-state index in [1.54, 1.807) is 34.6 Å². The summed E-state index contributed by atoms with van der Waals surface area (Å²) in [6, 6.07) is 0. The molecule has 0 unspecified atom stereocenters. The second kappa shape index (κ2) is 107. The maximum Gasteiger partial charge on any atom is 5.00 e. The summed E-state index contributed by atoms with van der Waals surface area (Å²) in [5.41, 5.74) is 0. The van der Waals surface area contributed by atoms with Gasteiger partial charge in [0.05, 0.1) is 0 Å². The first-order chi connectivity index (χ1) is 7.07. The molecule has 0 aliphatic carbocycles. The Labute approximate surface area is 116 Å². The average Bonchev–Trinajstić information content (AvgIpc) is 2.09. The van der Waals surface area contributed by atoms with Crippen LogP contribution < -0.4 is 25.5 Å². The average molecular weight is 318 g/mol. The van der Waals surface area contributed by atoms with Crippen molar-refractivity contribution in [1.82, 2.24) is 0 Å². The third kappa shape index (κ3) is 9130. The van der Waals surface area contributed by atoms with Gasteiger partial charge in [0.2, 0.25) is 0 Å². The Hall–Kier alpha value is 0.540. The first-order valence-electron chi connectivity index (χ1n) is 4.98. The van der Waals surface area contributed by atoms with Gasteiger partial charge in [0, 0.05) is 0 Å². The van der Waals surface area contributed by atoms with Crippen LogP contribution in [0.5, 0.6) is 0 Å². The molecule has 0 aromatic heterocycles. The number of hydrogen-bond donors (Lipinski definition) is 0. The molecule has 0 saturated carbocycles. The molecular weight excluding hydrogens is 293 g/mol. The Balaban J connectivity index is -0.0000000192. The van der Waals surface area contributed by atoms with Crippen molar-refractivity contribution in [1.29, 1.82) is 0 Å². The van der Waals surface area contributed by atoms with Crippen LogP contribution in [-0.4, -0.2) is 33.0 Å². The number of hydrogen-bond acceptors (Lipinski definition) is 5. The second-order valence-electron chi connectivity index (χ2n) is 1.44. The predicted molar refractivity (Wildman–Crippen MR) is 52.7 cm³/mol. The Bertz CT molecular complexity index is 30.8. The van der Waals surface area contributed by atoms with Crippen molar-refractivity contribution in [2.24, 2.45) is 0 Å². The van der Waals surface area contributed by atoms with Crippen LogP contribution in [0.4, 0.5) is 0 Å². The molecule has 0 aromatic rings. The molecule has 0 radical (unpaired) electrons. The van der Waals surface area contributed by atoms with Crippen LogP contribution in [0, 0.1) is 0 Å². The first kappa shape index (κ1) is 36.0. The second-order valence-corrected chi connectivity index (χ2v) is 1.44. The van der Waals surface area contributed by atoms with Crippen molar-refractivity contribution < 1.29 is 47.9 Å². The van der Waals surface area contributed by atoms with E-state index in [-0.39, 0.29) is 55.4 Å². The molecule has 6 heteroatoms. The fourth-order valence-electron chi connectivity index (χ4n) is 0. The minimum Gasteiger partial charge on any atom is -0.855 e. The Morgan fingerprint density at radius 2 is 0.438 bits per heavy atom. The fraction of sp³-hybridized carbons (Fsp3) is 1.00. The smallest absolute Gasteiger partial charge is 0.855 e. The molecule has 100 valence electrons. The minimum atomic E-state index is 0. The topological polar surface area (TPSA) is 115 Å². The van der Waals surface area contributed by atoms with E-state index >= 15 is 0 Å². The van der Waals surface area contributed by atoms with Gasteiger partial charge in [-0.3, -0.25) is 0 Å². The summed E-state index contributed by atoms with van der Waals surface area (Å²) in [6.45, 7) is 7.85. The summed E-state index contributed by atoms with van der Waals surface area (Å²) in [6.07, 6.45) is 0. The summed E-state index contributed by atoms with van der Waals surface area (Å²) in [4.78, 5) is 0. The Morgan fingerprint density at radius 1 is 0.438 bits per heavy atom. The molecule has 0 rings (SSSR count). The Morgan fingerprint density at radius 3 is 0.438 bits per heavy atom. The van der Waals surface area contributed by atoms with Gasteiger partial charge in [-0.25, -0.2) is 0 Å². The van der Waals surface area contributed by atoms with E-state index in [2.05, 4.69) is 0 Å². The predicted octanol–water partition coefficient (Wildman–Crippen LogP) is -3.17. The monoisotopic (exact) mass is 318 g/mol. The van der Waals surface area contributed by atoms with Gasteiger partial charge in [0.25, 0.3) is 0 Å². The van der Waals surface area contributed by atoms with Gasteiger partial charge in [0.1, 0.15) is 0 Å². The molecule has 0 fully saturated rings. The van der Waals surface area contributed by atoms with E-state index in [0.29, 0.717) is 0 Å². The molecule has 0 N–H and O–H groups in total. The molecule has 0 amide bonds. The number of rotatable bonds is 0. The SMILES string of the molecule is CC[O-].CC[O-].CC[O-].CC[O-].CC[O-].[Nb+5]. The zero-order chi connectivity index (χ0) is 13.5. The maximum atomic E-state index is 8.93. The van der Waals surface area contributed by atoms with Crippen LogP contribution in [-0.2, 0) is 22.4 Å². The van der Waals surface area contributed by atoms with Gasteiger partial charge in [-0.15, -0.1) is 33.0 Å². The molecule has 0 aliphatic rings. The van der Waals surface area contributed by atoms with E-state index in [1.807, 2.05) is 0 Å². The third-order valence-corrected chi connectivity index (χ3v) is 0. The molecule has 5 nitrogen and oxygen atoms in total. The summed E-state index contributed by atoms with van der Waals surface area (Å²) >= 11 is 0. The van der Waals surface area contributed by atoms with Gasteiger partial charge in [0.15, 0.2) is 0 Å². The normalized spacial score (nSPS) is 5.62. The van der Waals surface area contributed by atoms with Crippen molar-refractivity contribution >= 4 is 0 Å². The van der Waals surface area contributed by atoms with Gasteiger partial charge in [-0.2, -0.15) is 0 Å². The van der Waals surface area contributed by atoms with Crippen molar-refractivity contribution in [3.63, 3.8) is 0 Å². The minimum absolute atomic E-state index is 0. The van der Waals surface area contributed by atoms with E-state index in [1.165, 1.54) is 0 Å². The van der Waals surface area contributed by atoms with Crippen LogP contribution in [0.2, 0.25) is 0 Å². The maximum absolute atomic E-state index is 8.93. The van der Waals surface area contributed by atoms with Crippen LogP contribution in [0.15, 0.2) is 0 Å². The third-order valence-electron chi connectivity index (χ3n) is 0. The quantitative estimate of drug-likeness (QED) is 0.437. The van der Waals surface area contributed by atoms with Crippen molar-refractivity contribution in [2.45, 2.75) is 34.6 Å². The van der Waals surface area contributed by atoms with Crippen LogP contribution in [0.1, 0.15) is 34.6 Å². The van der Waals surface area contributed by atoms with Gasteiger partial charge >= 0.3 is 22.4 Å². The van der Waals surface area contributed by atoms with Crippen molar-refractivity contribution in [3.8, 4) is 0 Å². The van der Waals surface area contributed by atoms with E-state index in [9.17, 15) is 0 Å². The Kier molecular flexibility index (Phi) is 241. The standard InChI is InChI=1S/5C2H5O.Nb/c5*1-2-3;/h5*2H2,1H3;/q5*-1;+5. The fourth-order valence-corrected chi connectivity index (χ4v) is 0. The molecule has 0 aliphatic heterocycles. The van der Waals surface area contributed by atoms with Gasteiger partial charge < -0.3 is 25.5 Å². The molecule has 0 atom stereocenters. The molecule has 16 heavy (non-hydrogen) atoms. The van der Waals surface area contributed by atoms with E-state index < -0.39 is 0 Å².